The molecule has 0 bridgehead atoms. The van der Waals surface area contributed by atoms with Crippen LogP contribution in [0.5, 0.6) is 5.75 Å². The molecule has 1 unspecified atom stereocenters. The summed E-state index contributed by atoms with van der Waals surface area (Å²) in [4.78, 5) is 4.05. The van der Waals surface area contributed by atoms with Crippen molar-refractivity contribution in [1.82, 2.24) is 4.98 Å². The Hall–Kier alpha value is -1.13. The van der Waals surface area contributed by atoms with Crippen molar-refractivity contribution < 1.29 is 14.6 Å². The van der Waals surface area contributed by atoms with Crippen molar-refractivity contribution in [2.24, 2.45) is 0 Å². The van der Waals surface area contributed by atoms with Crippen LogP contribution in [0.4, 0.5) is 0 Å². The molecule has 1 saturated heterocycles. The van der Waals surface area contributed by atoms with Gasteiger partial charge in [0.15, 0.2) is 0 Å². The monoisotopic (exact) mass is 237 g/mol. The molecule has 1 N–H and O–H groups in total. The van der Waals surface area contributed by atoms with Crippen molar-refractivity contribution >= 4 is 0 Å². The molecule has 4 nitrogen and oxygen atoms in total. The number of aromatic nitrogens is 1. The molecular formula is C13H19NO3. The Balaban J connectivity index is 1.63. The van der Waals surface area contributed by atoms with E-state index in [0.29, 0.717) is 18.4 Å². The lowest BCUT2D eigenvalue weighted by molar-refractivity contribution is 0.0981. The lowest BCUT2D eigenvalue weighted by Crippen LogP contribution is -2.07. The number of nitrogens with zero attached hydrogens (tertiary/aromatic N) is 1. The fourth-order valence-corrected chi connectivity index (χ4v) is 1.96. The molecule has 1 aromatic rings. The van der Waals surface area contributed by atoms with E-state index in [0.717, 1.165) is 25.2 Å². The Labute approximate surface area is 102 Å². The van der Waals surface area contributed by atoms with Gasteiger partial charge in [-0.1, -0.05) is 0 Å². The van der Waals surface area contributed by atoms with Gasteiger partial charge in [0.05, 0.1) is 31.2 Å². The molecule has 1 fully saturated rings. The number of aliphatic hydroxyl groups is 1. The third-order valence-corrected chi connectivity index (χ3v) is 2.92. The highest BCUT2D eigenvalue weighted by molar-refractivity contribution is 5.19. The second kappa shape index (κ2) is 6.57. The van der Waals surface area contributed by atoms with Gasteiger partial charge in [-0.25, -0.2) is 0 Å². The molecule has 0 amide bonds. The van der Waals surface area contributed by atoms with Crippen LogP contribution in [-0.2, 0) is 11.3 Å². The van der Waals surface area contributed by atoms with Gasteiger partial charge in [-0.2, -0.15) is 0 Å². The van der Waals surface area contributed by atoms with Crippen molar-refractivity contribution in [1.29, 1.82) is 0 Å². The first-order chi connectivity index (χ1) is 8.38. The van der Waals surface area contributed by atoms with Crippen LogP contribution in [0.15, 0.2) is 18.3 Å². The zero-order valence-corrected chi connectivity index (χ0v) is 9.97. The summed E-state index contributed by atoms with van der Waals surface area (Å²) < 4.78 is 11.1. The first kappa shape index (κ1) is 12.3. The number of pyridine rings is 1. The number of hydrogen-bond acceptors (Lipinski definition) is 4. The van der Waals surface area contributed by atoms with Gasteiger partial charge in [0, 0.05) is 6.61 Å². The molecule has 1 aliphatic heterocycles. The summed E-state index contributed by atoms with van der Waals surface area (Å²) in [5, 5.41) is 8.85. The minimum atomic E-state index is -0.0285. The van der Waals surface area contributed by atoms with Gasteiger partial charge >= 0.3 is 0 Å². The summed E-state index contributed by atoms with van der Waals surface area (Å²) in [7, 11) is 0. The highest BCUT2D eigenvalue weighted by Gasteiger charge is 2.14. The van der Waals surface area contributed by atoms with E-state index < -0.39 is 0 Å². The summed E-state index contributed by atoms with van der Waals surface area (Å²) in [6.07, 6.45) is 6.55. The molecule has 4 heteroatoms. The number of rotatable bonds is 6. The van der Waals surface area contributed by atoms with Crippen molar-refractivity contribution in [3.05, 3.63) is 24.0 Å². The van der Waals surface area contributed by atoms with Gasteiger partial charge in [0.25, 0.3) is 0 Å². The maximum absolute atomic E-state index is 8.85. The van der Waals surface area contributed by atoms with Crippen LogP contribution in [0.25, 0.3) is 0 Å². The van der Waals surface area contributed by atoms with Crippen LogP contribution < -0.4 is 4.74 Å². The van der Waals surface area contributed by atoms with Gasteiger partial charge in [-0.05, 0) is 37.8 Å². The number of hydrogen-bond donors (Lipinski definition) is 1. The van der Waals surface area contributed by atoms with E-state index in [4.69, 9.17) is 14.6 Å². The van der Waals surface area contributed by atoms with Gasteiger partial charge in [-0.3, -0.25) is 4.98 Å². The Morgan fingerprint density at radius 2 is 2.41 bits per heavy atom. The van der Waals surface area contributed by atoms with Crippen LogP contribution in [-0.4, -0.2) is 29.4 Å². The van der Waals surface area contributed by atoms with Crippen LogP contribution in [0.3, 0.4) is 0 Å². The summed E-state index contributed by atoms with van der Waals surface area (Å²) in [6.45, 7) is 1.58. The predicted molar refractivity (Wildman–Crippen MR) is 63.9 cm³/mol. The van der Waals surface area contributed by atoms with E-state index in [1.807, 2.05) is 6.07 Å². The molecule has 2 heterocycles. The third kappa shape index (κ3) is 3.98. The Kier molecular flexibility index (Phi) is 4.76. The van der Waals surface area contributed by atoms with E-state index in [1.54, 1.807) is 12.3 Å². The van der Waals surface area contributed by atoms with E-state index in [-0.39, 0.29) is 6.61 Å². The molecule has 94 valence electrons. The zero-order valence-electron chi connectivity index (χ0n) is 9.97. The first-order valence-electron chi connectivity index (χ1n) is 6.18. The first-order valence-corrected chi connectivity index (χ1v) is 6.18. The molecule has 1 aromatic heterocycles. The average molecular weight is 237 g/mol. The second-order valence-electron chi connectivity index (χ2n) is 4.27. The van der Waals surface area contributed by atoms with Crippen LogP contribution in [0, 0.1) is 0 Å². The number of ether oxygens (including phenoxy) is 2. The second-order valence-corrected chi connectivity index (χ2v) is 4.27. The minimum absolute atomic E-state index is 0.0285. The van der Waals surface area contributed by atoms with Crippen LogP contribution >= 0.6 is 0 Å². The molecule has 1 atom stereocenters. The summed E-state index contributed by atoms with van der Waals surface area (Å²) in [6, 6.07) is 3.61. The lowest BCUT2D eigenvalue weighted by atomic mass is 10.1. The molecular weight excluding hydrogens is 218 g/mol. The molecule has 2 rings (SSSR count). The number of aliphatic hydroxyl groups excluding tert-OH is 1. The van der Waals surface area contributed by atoms with Gasteiger partial charge in [0.1, 0.15) is 5.75 Å². The van der Waals surface area contributed by atoms with Crippen molar-refractivity contribution in [3.63, 3.8) is 0 Å². The molecule has 0 aromatic carbocycles. The molecule has 0 saturated carbocycles. The van der Waals surface area contributed by atoms with Crippen molar-refractivity contribution in [2.45, 2.75) is 38.4 Å². The molecule has 17 heavy (non-hydrogen) atoms. The van der Waals surface area contributed by atoms with Gasteiger partial charge < -0.3 is 14.6 Å². The normalized spacial score (nSPS) is 19.5. The maximum atomic E-state index is 8.85. The third-order valence-electron chi connectivity index (χ3n) is 2.92. The quantitative estimate of drug-likeness (QED) is 0.768. The lowest BCUT2D eigenvalue weighted by Gasteiger charge is -2.09. The fourth-order valence-electron chi connectivity index (χ4n) is 1.96. The van der Waals surface area contributed by atoms with E-state index in [2.05, 4.69) is 4.98 Å². The van der Waals surface area contributed by atoms with E-state index in [9.17, 15) is 0 Å². The average Bonchev–Trinajstić information content (AvgIpc) is 2.88. The van der Waals surface area contributed by atoms with Crippen LogP contribution in [0.2, 0.25) is 0 Å². The fraction of sp³-hybridized carbons (Fsp3) is 0.615. The summed E-state index contributed by atoms with van der Waals surface area (Å²) in [5.74, 6) is 0.759. The highest BCUT2D eigenvalue weighted by Crippen LogP contribution is 2.17. The molecule has 1 aliphatic rings. The summed E-state index contributed by atoms with van der Waals surface area (Å²) >= 11 is 0. The SMILES string of the molecule is OCc1ccc(OCCCC2CCCO2)cn1. The predicted octanol–water partition coefficient (Wildman–Crippen LogP) is 1.91. The standard InChI is InChI=1S/C13H19NO3/c15-10-11-5-6-13(9-14-11)17-8-2-4-12-3-1-7-16-12/h5-6,9,12,15H,1-4,7-8,10H2. The Bertz CT molecular complexity index is 320. The van der Waals surface area contributed by atoms with E-state index in [1.165, 1.54) is 12.8 Å². The molecule has 0 aliphatic carbocycles. The van der Waals surface area contributed by atoms with Crippen molar-refractivity contribution in [2.75, 3.05) is 13.2 Å². The molecule has 0 radical (unpaired) electrons. The topological polar surface area (TPSA) is 51.6 Å². The van der Waals surface area contributed by atoms with Crippen LogP contribution in [0.1, 0.15) is 31.4 Å². The zero-order chi connectivity index (χ0) is 11.9. The van der Waals surface area contributed by atoms with Crippen molar-refractivity contribution in [3.8, 4) is 5.75 Å². The Morgan fingerprint density at radius 1 is 1.47 bits per heavy atom. The highest BCUT2D eigenvalue weighted by atomic mass is 16.5. The maximum Gasteiger partial charge on any atom is 0.137 e. The van der Waals surface area contributed by atoms with Gasteiger partial charge in [0.2, 0.25) is 0 Å². The Morgan fingerprint density at radius 3 is 3.06 bits per heavy atom. The largest absolute Gasteiger partial charge is 0.492 e. The van der Waals surface area contributed by atoms with E-state index >= 15 is 0 Å². The smallest absolute Gasteiger partial charge is 0.137 e. The van der Waals surface area contributed by atoms with Gasteiger partial charge in [-0.15, -0.1) is 0 Å². The minimum Gasteiger partial charge on any atom is -0.492 e. The molecule has 0 spiro atoms. The summed E-state index contributed by atoms with van der Waals surface area (Å²) in [5.41, 5.74) is 0.664.